The standard InChI is InChI=1S/C47H29N5/c1-3-14-32(15-4-1)45-48-46(33-25-27-37-36-21-9-10-23-39(36)51(42(37)29-33)34-18-5-2-6-19-34)50-47(49-45)52-40-24-12-17-31-16-11-22-38(43(31)40)44-35-20-8-7-13-30(35)26-28-41(44)52/h1-29H. The van der Waals surface area contributed by atoms with Gasteiger partial charge in [0.05, 0.1) is 22.4 Å². The van der Waals surface area contributed by atoms with Crippen molar-refractivity contribution in [3.05, 3.63) is 176 Å². The molecule has 0 saturated carbocycles. The second kappa shape index (κ2) is 11.2. The highest BCUT2D eigenvalue weighted by Gasteiger charge is 2.30. The van der Waals surface area contributed by atoms with E-state index in [-0.39, 0.29) is 0 Å². The van der Waals surface area contributed by atoms with Crippen molar-refractivity contribution in [2.24, 2.45) is 0 Å². The molecule has 242 valence electrons. The summed E-state index contributed by atoms with van der Waals surface area (Å²) in [4.78, 5) is 18.0. The Balaban J connectivity index is 1.20. The molecule has 3 heterocycles. The zero-order valence-electron chi connectivity index (χ0n) is 28.0. The van der Waals surface area contributed by atoms with Gasteiger partial charge in [-0.05, 0) is 58.1 Å². The molecular weight excluding hydrogens is 635 g/mol. The Morgan fingerprint density at radius 3 is 1.92 bits per heavy atom. The van der Waals surface area contributed by atoms with E-state index in [1.165, 1.54) is 43.4 Å². The molecule has 1 aliphatic heterocycles. The van der Waals surface area contributed by atoms with E-state index in [1.807, 2.05) is 18.2 Å². The predicted molar refractivity (Wildman–Crippen MR) is 214 cm³/mol. The van der Waals surface area contributed by atoms with E-state index >= 15 is 0 Å². The van der Waals surface area contributed by atoms with Crippen LogP contribution in [-0.2, 0) is 0 Å². The van der Waals surface area contributed by atoms with E-state index in [4.69, 9.17) is 15.0 Å². The van der Waals surface area contributed by atoms with Gasteiger partial charge in [-0.25, -0.2) is 4.98 Å². The molecule has 0 spiro atoms. The Labute approximate surface area is 299 Å². The summed E-state index contributed by atoms with van der Waals surface area (Å²) in [5.41, 5.74) is 9.70. The van der Waals surface area contributed by atoms with E-state index in [1.54, 1.807) is 0 Å². The number of anilines is 3. The highest BCUT2D eigenvalue weighted by molar-refractivity contribution is 6.19. The molecule has 8 aromatic carbocycles. The number of benzene rings is 8. The van der Waals surface area contributed by atoms with Crippen LogP contribution >= 0.6 is 0 Å². The van der Waals surface area contributed by atoms with Gasteiger partial charge in [-0.3, -0.25) is 4.90 Å². The zero-order chi connectivity index (χ0) is 34.2. The van der Waals surface area contributed by atoms with Crippen LogP contribution in [0.5, 0.6) is 0 Å². The van der Waals surface area contributed by atoms with Crippen LogP contribution in [0.15, 0.2) is 176 Å². The molecule has 0 unspecified atom stereocenters. The van der Waals surface area contributed by atoms with Gasteiger partial charge in [0.2, 0.25) is 5.95 Å². The third kappa shape index (κ3) is 4.26. The Morgan fingerprint density at radius 2 is 1.08 bits per heavy atom. The van der Waals surface area contributed by atoms with E-state index < -0.39 is 0 Å². The van der Waals surface area contributed by atoms with Gasteiger partial charge >= 0.3 is 0 Å². The summed E-state index contributed by atoms with van der Waals surface area (Å²) in [7, 11) is 0. The SMILES string of the molecule is c1ccc(-c2nc(-c3ccc4c5ccccc5n(-c5ccccc5)c4c3)nc(N3c4ccc5ccccc5c4-c4cccc5cccc3c45)n2)cc1. The third-order valence-corrected chi connectivity index (χ3v) is 10.3. The minimum atomic E-state index is 0.575. The fourth-order valence-electron chi connectivity index (χ4n) is 8.07. The van der Waals surface area contributed by atoms with Crippen molar-refractivity contribution in [2.45, 2.75) is 0 Å². The van der Waals surface area contributed by atoms with Crippen LogP contribution in [0.25, 0.3) is 82.9 Å². The second-order valence-electron chi connectivity index (χ2n) is 13.3. The van der Waals surface area contributed by atoms with Crippen molar-refractivity contribution in [1.29, 1.82) is 0 Å². The maximum atomic E-state index is 5.35. The van der Waals surface area contributed by atoms with E-state index in [0.717, 1.165) is 39.2 Å². The van der Waals surface area contributed by atoms with E-state index in [2.05, 4.69) is 167 Å². The normalized spacial score (nSPS) is 12.2. The van der Waals surface area contributed by atoms with Crippen LogP contribution in [-0.4, -0.2) is 19.5 Å². The van der Waals surface area contributed by atoms with Gasteiger partial charge in [0.15, 0.2) is 11.6 Å². The van der Waals surface area contributed by atoms with Crippen LogP contribution < -0.4 is 4.90 Å². The molecule has 0 aliphatic carbocycles. The van der Waals surface area contributed by atoms with E-state index in [9.17, 15) is 0 Å². The molecule has 0 radical (unpaired) electrons. The molecule has 2 aromatic heterocycles. The molecule has 5 nitrogen and oxygen atoms in total. The molecule has 0 atom stereocenters. The summed E-state index contributed by atoms with van der Waals surface area (Å²) in [6.45, 7) is 0. The number of hydrogen-bond donors (Lipinski definition) is 0. The number of hydrogen-bond acceptors (Lipinski definition) is 4. The molecular formula is C47H29N5. The molecule has 0 N–H and O–H groups in total. The molecule has 5 heteroatoms. The summed E-state index contributed by atoms with van der Waals surface area (Å²) in [5, 5.41) is 7.14. The van der Waals surface area contributed by atoms with Crippen molar-refractivity contribution in [1.82, 2.24) is 19.5 Å². The molecule has 0 fully saturated rings. The Morgan fingerprint density at radius 1 is 0.404 bits per heavy atom. The van der Waals surface area contributed by atoms with E-state index in [0.29, 0.717) is 17.6 Å². The van der Waals surface area contributed by atoms with Crippen molar-refractivity contribution in [3.8, 4) is 39.6 Å². The molecule has 11 rings (SSSR count). The lowest BCUT2D eigenvalue weighted by Crippen LogP contribution is -2.19. The Kier molecular flexibility index (Phi) is 6.18. The molecule has 52 heavy (non-hydrogen) atoms. The highest BCUT2D eigenvalue weighted by atomic mass is 15.3. The summed E-state index contributed by atoms with van der Waals surface area (Å²) >= 11 is 0. The lowest BCUT2D eigenvalue weighted by molar-refractivity contribution is 1.02. The lowest BCUT2D eigenvalue weighted by atomic mass is 9.88. The monoisotopic (exact) mass is 663 g/mol. The zero-order valence-corrected chi connectivity index (χ0v) is 28.0. The minimum Gasteiger partial charge on any atom is -0.309 e. The lowest BCUT2D eigenvalue weighted by Gasteiger charge is -2.32. The number of rotatable bonds is 4. The van der Waals surface area contributed by atoms with Gasteiger partial charge in [0.25, 0.3) is 0 Å². The summed E-state index contributed by atoms with van der Waals surface area (Å²) in [6.07, 6.45) is 0. The molecule has 10 aromatic rings. The second-order valence-corrected chi connectivity index (χ2v) is 13.3. The first-order valence-electron chi connectivity index (χ1n) is 17.5. The van der Waals surface area contributed by atoms with Gasteiger partial charge in [-0.2, -0.15) is 9.97 Å². The van der Waals surface area contributed by atoms with Crippen LogP contribution in [0.1, 0.15) is 0 Å². The summed E-state index contributed by atoms with van der Waals surface area (Å²) in [6, 6.07) is 62.0. The van der Waals surface area contributed by atoms with Crippen molar-refractivity contribution < 1.29 is 0 Å². The molecule has 1 aliphatic rings. The Bertz CT molecular complexity index is 3020. The van der Waals surface area contributed by atoms with Gasteiger partial charge < -0.3 is 4.57 Å². The predicted octanol–water partition coefficient (Wildman–Crippen LogP) is 12.1. The number of fused-ring (bicyclic) bond motifs is 7. The molecule has 0 amide bonds. The average molecular weight is 664 g/mol. The number of para-hydroxylation sites is 2. The van der Waals surface area contributed by atoms with Gasteiger partial charge in [-0.15, -0.1) is 0 Å². The largest absolute Gasteiger partial charge is 0.309 e. The maximum absolute atomic E-state index is 5.35. The summed E-state index contributed by atoms with van der Waals surface area (Å²) < 4.78 is 2.33. The smallest absolute Gasteiger partial charge is 0.238 e. The first-order chi connectivity index (χ1) is 25.8. The molecule has 0 bridgehead atoms. The first-order valence-corrected chi connectivity index (χ1v) is 17.5. The van der Waals surface area contributed by atoms with Gasteiger partial charge in [-0.1, -0.05) is 140 Å². The average Bonchev–Trinajstić information content (AvgIpc) is 3.55. The van der Waals surface area contributed by atoms with Crippen molar-refractivity contribution >= 4 is 60.7 Å². The Hall–Kier alpha value is -7.11. The highest BCUT2D eigenvalue weighted by Crippen LogP contribution is 2.52. The van der Waals surface area contributed by atoms with Gasteiger partial charge in [0, 0.05) is 38.5 Å². The third-order valence-electron chi connectivity index (χ3n) is 10.3. The number of aromatic nitrogens is 4. The maximum Gasteiger partial charge on any atom is 0.238 e. The van der Waals surface area contributed by atoms with Crippen LogP contribution in [0.4, 0.5) is 17.3 Å². The molecule has 0 saturated heterocycles. The minimum absolute atomic E-state index is 0.575. The first kappa shape index (κ1) is 28.7. The van der Waals surface area contributed by atoms with Gasteiger partial charge in [0.1, 0.15) is 0 Å². The van der Waals surface area contributed by atoms with Crippen molar-refractivity contribution in [2.75, 3.05) is 4.90 Å². The van der Waals surface area contributed by atoms with Crippen molar-refractivity contribution in [3.63, 3.8) is 0 Å². The summed E-state index contributed by atoms with van der Waals surface area (Å²) in [5.74, 6) is 1.81. The fourth-order valence-corrected chi connectivity index (χ4v) is 8.07. The van der Waals surface area contributed by atoms with Crippen LogP contribution in [0.2, 0.25) is 0 Å². The van der Waals surface area contributed by atoms with Crippen LogP contribution in [0.3, 0.4) is 0 Å². The topological polar surface area (TPSA) is 46.8 Å². The number of nitrogens with zero attached hydrogens (tertiary/aromatic N) is 5. The fraction of sp³-hybridized carbons (Fsp3) is 0. The van der Waals surface area contributed by atoms with Crippen LogP contribution in [0, 0.1) is 0 Å². The quantitative estimate of drug-likeness (QED) is 0.188.